The van der Waals surface area contributed by atoms with Crippen LogP contribution in [0.2, 0.25) is 0 Å². The van der Waals surface area contributed by atoms with Crippen molar-refractivity contribution in [2.24, 2.45) is 0 Å². The van der Waals surface area contributed by atoms with Gasteiger partial charge in [-0.25, -0.2) is 9.97 Å². The average Bonchev–Trinajstić information content (AvgIpc) is 2.34. The van der Waals surface area contributed by atoms with Crippen molar-refractivity contribution >= 4 is 28.4 Å². The van der Waals surface area contributed by atoms with Crippen molar-refractivity contribution in [2.45, 2.75) is 53.1 Å². The van der Waals surface area contributed by atoms with Gasteiger partial charge in [0.25, 0.3) is 0 Å². The summed E-state index contributed by atoms with van der Waals surface area (Å²) in [6, 6.07) is 0. The second-order valence-electron chi connectivity index (χ2n) is 5.46. The molecular weight excluding hydrogens is 353 g/mol. The van der Waals surface area contributed by atoms with E-state index in [4.69, 9.17) is 4.74 Å². The second-order valence-corrected chi connectivity index (χ2v) is 6.54. The summed E-state index contributed by atoms with van der Waals surface area (Å²) < 4.78 is 6.54. The number of hydrogen-bond donors (Lipinski definition) is 1. The largest absolute Gasteiger partial charge is 0.374 e. The average molecular weight is 377 g/mol. The molecule has 1 N–H and O–H groups in total. The van der Waals surface area contributed by atoms with Crippen LogP contribution in [-0.4, -0.2) is 23.1 Å². The van der Waals surface area contributed by atoms with Crippen LogP contribution in [0.4, 0.5) is 5.82 Å². The number of halogens is 1. The topological polar surface area (TPSA) is 47.0 Å². The molecule has 19 heavy (non-hydrogen) atoms. The van der Waals surface area contributed by atoms with Gasteiger partial charge in [0.05, 0.1) is 9.26 Å². The van der Waals surface area contributed by atoms with Crippen LogP contribution in [-0.2, 0) is 16.8 Å². The minimum atomic E-state index is 0.00305. The molecule has 0 spiro atoms. The van der Waals surface area contributed by atoms with Crippen molar-refractivity contribution in [3.63, 3.8) is 0 Å². The Morgan fingerprint density at radius 1 is 1.21 bits per heavy atom. The maximum atomic E-state index is 5.43. The first-order valence-electron chi connectivity index (χ1n) is 6.78. The van der Waals surface area contributed by atoms with Crippen LogP contribution >= 0.6 is 22.6 Å². The Hall–Kier alpha value is -0.430. The first kappa shape index (κ1) is 16.6. The van der Waals surface area contributed by atoms with Crippen molar-refractivity contribution in [1.29, 1.82) is 0 Å². The molecule has 0 saturated heterocycles. The Labute approximate surface area is 129 Å². The number of anilines is 1. The zero-order valence-electron chi connectivity index (χ0n) is 12.5. The molecule has 0 unspecified atom stereocenters. The van der Waals surface area contributed by atoms with Crippen molar-refractivity contribution in [3.05, 3.63) is 15.1 Å². The van der Waals surface area contributed by atoms with Crippen LogP contribution in [0.25, 0.3) is 0 Å². The molecule has 1 aromatic heterocycles. The summed E-state index contributed by atoms with van der Waals surface area (Å²) in [5.41, 5.74) is 1.08. The molecule has 0 aliphatic heterocycles. The maximum absolute atomic E-state index is 5.43. The van der Waals surface area contributed by atoms with Gasteiger partial charge in [0.1, 0.15) is 12.4 Å². The van der Waals surface area contributed by atoms with Gasteiger partial charge in [-0.15, -0.1) is 0 Å². The third-order valence-electron chi connectivity index (χ3n) is 2.59. The number of aromatic nitrogens is 2. The zero-order valence-corrected chi connectivity index (χ0v) is 14.7. The summed E-state index contributed by atoms with van der Waals surface area (Å²) in [6.45, 7) is 12.7. The maximum Gasteiger partial charge on any atom is 0.156 e. The normalized spacial score (nSPS) is 11.7. The highest BCUT2D eigenvalue weighted by atomic mass is 127. The molecule has 0 amide bonds. The Bertz CT molecular complexity index is 416. The lowest BCUT2D eigenvalue weighted by Gasteiger charge is -2.22. The summed E-state index contributed by atoms with van der Waals surface area (Å²) in [4.78, 5) is 9.23. The van der Waals surface area contributed by atoms with Crippen LogP contribution < -0.4 is 5.32 Å². The van der Waals surface area contributed by atoms with Gasteiger partial charge in [-0.3, -0.25) is 0 Å². The Morgan fingerprint density at radius 2 is 1.89 bits per heavy atom. The molecular formula is C14H24IN3O. The number of hydrogen-bond acceptors (Lipinski definition) is 4. The molecule has 0 aromatic carbocycles. The summed E-state index contributed by atoms with van der Waals surface area (Å²) in [6.07, 6.45) is 1.08. The van der Waals surface area contributed by atoms with Gasteiger partial charge >= 0.3 is 0 Å². The van der Waals surface area contributed by atoms with E-state index < -0.39 is 0 Å². The SMILES string of the molecule is CCCNc1nc(COCC)nc(C(C)(C)C)c1I. The summed E-state index contributed by atoms with van der Waals surface area (Å²) in [5.74, 6) is 1.68. The van der Waals surface area contributed by atoms with E-state index in [0.29, 0.717) is 13.2 Å². The monoisotopic (exact) mass is 377 g/mol. The molecule has 0 atom stereocenters. The molecule has 1 aromatic rings. The molecule has 108 valence electrons. The number of ether oxygens (including phenoxy) is 1. The van der Waals surface area contributed by atoms with Crippen molar-refractivity contribution in [1.82, 2.24) is 9.97 Å². The first-order chi connectivity index (χ1) is 8.90. The van der Waals surface area contributed by atoms with E-state index >= 15 is 0 Å². The molecule has 4 nitrogen and oxygen atoms in total. The van der Waals surface area contributed by atoms with E-state index in [-0.39, 0.29) is 5.41 Å². The van der Waals surface area contributed by atoms with E-state index in [2.05, 4.69) is 65.6 Å². The van der Waals surface area contributed by atoms with Gasteiger partial charge in [0.2, 0.25) is 0 Å². The summed E-state index contributed by atoms with van der Waals surface area (Å²) >= 11 is 2.33. The van der Waals surface area contributed by atoms with E-state index in [9.17, 15) is 0 Å². The fraction of sp³-hybridized carbons (Fsp3) is 0.714. The fourth-order valence-electron chi connectivity index (χ4n) is 1.61. The highest BCUT2D eigenvalue weighted by Gasteiger charge is 2.23. The number of nitrogens with zero attached hydrogens (tertiary/aromatic N) is 2. The predicted octanol–water partition coefficient (Wildman–Crippen LogP) is 3.74. The Kier molecular flexibility index (Phi) is 6.46. The molecule has 0 aliphatic carbocycles. The fourth-order valence-corrected chi connectivity index (χ4v) is 2.85. The highest BCUT2D eigenvalue weighted by Crippen LogP contribution is 2.29. The minimum absolute atomic E-state index is 0.00305. The lowest BCUT2D eigenvalue weighted by Crippen LogP contribution is -2.20. The van der Waals surface area contributed by atoms with Gasteiger partial charge in [0.15, 0.2) is 5.82 Å². The molecule has 0 bridgehead atoms. The van der Waals surface area contributed by atoms with Crippen LogP contribution in [0.1, 0.15) is 52.6 Å². The summed E-state index contributed by atoms with van der Waals surface area (Å²) in [5, 5.41) is 3.38. The standard InChI is InChI=1S/C14H24IN3O/c1-6-8-16-13-11(15)12(14(3,4)5)17-10(18-13)9-19-7-2/h6-9H2,1-5H3,(H,16,17,18). The van der Waals surface area contributed by atoms with Crippen LogP contribution in [0, 0.1) is 3.57 Å². The smallest absolute Gasteiger partial charge is 0.156 e. The van der Waals surface area contributed by atoms with Crippen molar-refractivity contribution < 1.29 is 4.74 Å². The molecule has 0 saturated carbocycles. The number of rotatable bonds is 6. The third-order valence-corrected chi connectivity index (χ3v) is 3.61. The van der Waals surface area contributed by atoms with Gasteiger partial charge in [0, 0.05) is 18.6 Å². The van der Waals surface area contributed by atoms with E-state index in [0.717, 1.165) is 33.9 Å². The van der Waals surface area contributed by atoms with Crippen molar-refractivity contribution in [3.8, 4) is 0 Å². The third kappa shape index (κ3) is 4.87. The summed E-state index contributed by atoms with van der Waals surface area (Å²) in [7, 11) is 0. The van der Waals surface area contributed by atoms with Gasteiger partial charge in [-0.1, -0.05) is 27.7 Å². The van der Waals surface area contributed by atoms with E-state index in [1.54, 1.807) is 0 Å². The van der Waals surface area contributed by atoms with Crippen LogP contribution in [0.5, 0.6) is 0 Å². The minimum Gasteiger partial charge on any atom is -0.374 e. The van der Waals surface area contributed by atoms with Crippen molar-refractivity contribution in [2.75, 3.05) is 18.5 Å². The number of nitrogens with one attached hydrogen (secondary N) is 1. The quantitative estimate of drug-likeness (QED) is 0.768. The Morgan fingerprint density at radius 3 is 2.42 bits per heavy atom. The van der Waals surface area contributed by atoms with Gasteiger partial charge in [-0.05, 0) is 35.9 Å². The molecule has 5 heteroatoms. The second kappa shape index (κ2) is 7.38. The van der Waals surface area contributed by atoms with Gasteiger partial charge in [-0.2, -0.15) is 0 Å². The van der Waals surface area contributed by atoms with E-state index in [1.807, 2.05) is 6.92 Å². The first-order valence-corrected chi connectivity index (χ1v) is 7.86. The lowest BCUT2D eigenvalue weighted by atomic mass is 9.92. The molecule has 0 aliphatic rings. The Balaban J connectivity index is 3.14. The predicted molar refractivity (Wildman–Crippen MR) is 87.6 cm³/mol. The van der Waals surface area contributed by atoms with Crippen LogP contribution in [0.15, 0.2) is 0 Å². The zero-order chi connectivity index (χ0) is 14.5. The van der Waals surface area contributed by atoms with Gasteiger partial charge < -0.3 is 10.1 Å². The molecule has 0 radical (unpaired) electrons. The molecule has 1 rings (SSSR count). The molecule has 1 heterocycles. The molecule has 0 fully saturated rings. The highest BCUT2D eigenvalue weighted by molar-refractivity contribution is 14.1. The lowest BCUT2D eigenvalue weighted by molar-refractivity contribution is 0.128. The van der Waals surface area contributed by atoms with Crippen LogP contribution in [0.3, 0.4) is 0 Å². The van der Waals surface area contributed by atoms with E-state index in [1.165, 1.54) is 0 Å².